The van der Waals surface area contributed by atoms with E-state index in [2.05, 4.69) is 11.4 Å². The molecule has 1 fully saturated rings. The Morgan fingerprint density at radius 3 is 2.65 bits per heavy atom. The fourth-order valence-corrected chi connectivity index (χ4v) is 3.94. The summed E-state index contributed by atoms with van der Waals surface area (Å²) in [5, 5.41) is 2.96. The predicted octanol–water partition coefficient (Wildman–Crippen LogP) is 3.95. The number of ether oxygens (including phenoxy) is 1. The number of amides is 2. The first-order valence-corrected chi connectivity index (χ1v) is 8.90. The number of fused-ring (bicyclic) bond motifs is 1. The van der Waals surface area contributed by atoms with Crippen molar-refractivity contribution >= 4 is 17.5 Å². The highest BCUT2D eigenvalue weighted by atomic mass is 16.5. The van der Waals surface area contributed by atoms with Crippen molar-refractivity contribution < 1.29 is 14.3 Å². The first-order chi connectivity index (χ1) is 12.4. The fourth-order valence-electron chi connectivity index (χ4n) is 3.94. The zero-order chi connectivity index (χ0) is 18.3. The molecule has 1 saturated heterocycles. The monoisotopic (exact) mass is 350 g/mol. The van der Waals surface area contributed by atoms with Crippen LogP contribution < -0.4 is 10.1 Å². The average Bonchev–Trinajstić information content (AvgIpc) is 2.97. The summed E-state index contributed by atoms with van der Waals surface area (Å²) in [6.07, 6.45) is 0.977. The molecule has 2 heterocycles. The Hall–Kier alpha value is -2.82. The number of carbonyl (C=O) groups excluding carboxylic acids is 2. The topological polar surface area (TPSA) is 58.6 Å². The van der Waals surface area contributed by atoms with Crippen molar-refractivity contribution in [2.75, 3.05) is 18.4 Å². The van der Waals surface area contributed by atoms with Gasteiger partial charge in [0, 0.05) is 18.7 Å². The highest BCUT2D eigenvalue weighted by Gasteiger charge is 2.46. The summed E-state index contributed by atoms with van der Waals surface area (Å²) in [6.45, 7) is 5.01. The molecule has 2 amide bonds. The number of nitrogens with one attached hydrogen (secondary N) is 1. The summed E-state index contributed by atoms with van der Waals surface area (Å²) in [7, 11) is 0. The minimum absolute atomic E-state index is 0.0865. The quantitative estimate of drug-likeness (QED) is 0.847. The number of anilines is 1. The number of nitrogens with zero attached hydrogens (tertiary/aromatic N) is 1. The maximum Gasteiger partial charge on any atom is 0.321 e. The van der Waals surface area contributed by atoms with Gasteiger partial charge in [-0.05, 0) is 49.2 Å². The maximum absolute atomic E-state index is 12.7. The Balaban J connectivity index is 1.48. The molecule has 0 bridgehead atoms. The van der Waals surface area contributed by atoms with E-state index in [0.717, 1.165) is 16.8 Å². The van der Waals surface area contributed by atoms with Crippen LogP contribution in [0.2, 0.25) is 0 Å². The molecule has 1 N–H and O–H groups in total. The Labute approximate surface area is 153 Å². The number of hydrogen-bond donors (Lipinski definition) is 1. The number of Topliss-reactive ketones (excluding diaryl/α,β-unsaturated/α-hetero) is 1. The third-order valence-corrected chi connectivity index (χ3v) is 5.07. The molecule has 2 aliphatic heterocycles. The van der Waals surface area contributed by atoms with Gasteiger partial charge in [0.15, 0.2) is 5.78 Å². The van der Waals surface area contributed by atoms with Gasteiger partial charge in [-0.2, -0.15) is 0 Å². The highest BCUT2D eigenvalue weighted by Crippen LogP contribution is 2.38. The van der Waals surface area contributed by atoms with E-state index in [-0.39, 0.29) is 11.8 Å². The Morgan fingerprint density at radius 2 is 1.88 bits per heavy atom. The van der Waals surface area contributed by atoms with Gasteiger partial charge in [-0.3, -0.25) is 4.79 Å². The molecule has 2 aromatic rings. The number of para-hydroxylation sites is 1. The molecule has 5 heteroatoms. The van der Waals surface area contributed by atoms with Gasteiger partial charge in [-0.1, -0.05) is 18.2 Å². The van der Waals surface area contributed by atoms with Crippen LogP contribution in [0, 0.1) is 13.8 Å². The molecule has 2 aliphatic rings. The summed E-state index contributed by atoms with van der Waals surface area (Å²) in [6, 6.07) is 13.2. The minimum atomic E-state index is -0.606. The lowest BCUT2D eigenvalue weighted by Gasteiger charge is -2.34. The molecular weight excluding hydrogens is 328 g/mol. The standard InChI is InChI=1S/C21H22N2O3/c1-14-9-15(2)11-16(10-14)22-20(25)23-8-7-21(13-23)12-18(24)17-5-3-4-6-19(17)26-21/h3-6,9-11H,7-8,12-13H2,1-2H3,(H,22,25). The Morgan fingerprint density at radius 1 is 1.15 bits per heavy atom. The smallest absolute Gasteiger partial charge is 0.321 e. The Kier molecular flexibility index (Phi) is 3.94. The maximum atomic E-state index is 12.7. The van der Waals surface area contributed by atoms with E-state index in [1.165, 1.54) is 0 Å². The normalized spacial score (nSPS) is 21.5. The van der Waals surface area contributed by atoms with Crippen molar-refractivity contribution in [2.24, 2.45) is 0 Å². The van der Waals surface area contributed by atoms with Crippen molar-refractivity contribution in [3.05, 3.63) is 59.2 Å². The van der Waals surface area contributed by atoms with Crippen LogP contribution in [0.3, 0.4) is 0 Å². The Bertz CT molecular complexity index is 872. The van der Waals surface area contributed by atoms with Crippen molar-refractivity contribution in [1.29, 1.82) is 0 Å². The zero-order valence-electron chi connectivity index (χ0n) is 15.0. The van der Waals surface area contributed by atoms with E-state index in [1.807, 2.05) is 44.2 Å². The number of rotatable bonds is 1. The van der Waals surface area contributed by atoms with Crippen molar-refractivity contribution in [2.45, 2.75) is 32.3 Å². The van der Waals surface area contributed by atoms with Gasteiger partial charge in [0.25, 0.3) is 0 Å². The van der Waals surface area contributed by atoms with Crippen LogP contribution in [0.4, 0.5) is 10.5 Å². The molecule has 134 valence electrons. The largest absolute Gasteiger partial charge is 0.484 e. The molecule has 26 heavy (non-hydrogen) atoms. The van der Waals surface area contributed by atoms with Crippen molar-refractivity contribution in [3.63, 3.8) is 0 Å². The number of ketones is 1. The second-order valence-corrected chi connectivity index (χ2v) is 7.36. The first-order valence-electron chi connectivity index (χ1n) is 8.90. The van der Waals surface area contributed by atoms with Gasteiger partial charge in [-0.15, -0.1) is 0 Å². The minimum Gasteiger partial charge on any atom is -0.484 e. The number of hydrogen-bond acceptors (Lipinski definition) is 3. The lowest BCUT2D eigenvalue weighted by atomic mass is 9.89. The molecule has 1 unspecified atom stereocenters. The first kappa shape index (κ1) is 16.6. The van der Waals surface area contributed by atoms with Gasteiger partial charge in [0.2, 0.25) is 0 Å². The molecule has 1 spiro atoms. The second-order valence-electron chi connectivity index (χ2n) is 7.36. The third-order valence-electron chi connectivity index (χ3n) is 5.07. The third kappa shape index (κ3) is 3.05. The number of benzene rings is 2. The zero-order valence-corrected chi connectivity index (χ0v) is 15.0. The van der Waals surface area contributed by atoms with Crippen molar-refractivity contribution in [1.82, 2.24) is 4.90 Å². The molecule has 5 nitrogen and oxygen atoms in total. The number of carbonyl (C=O) groups is 2. The number of likely N-dealkylation sites (tertiary alicyclic amines) is 1. The van der Waals surface area contributed by atoms with Crippen LogP contribution in [0.25, 0.3) is 0 Å². The van der Waals surface area contributed by atoms with E-state index >= 15 is 0 Å². The van der Waals surface area contributed by atoms with Gasteiger partial charge >= 0.3 is 6.03 Å². The fraction of sp³-hybridized carbons (Fsp3) is 0.333. The van der Waals surface area contributed by atoms with Gasteiger partial charge in [0.1, 0.15) is 11.4 Å². The predicted molar refractivity (Wildman–Crippen MR) is 99.9 cm³/mol. The molecular formula is C21H22N2O3. The van der Waals surface area contributed by atoms with E-state index in [9.17, 15) is 9.59 Å². The van der Waals surface area contributed by atoms with Crippen LogP contribution in [0.1, 0.15) is 34.3 Å². The van der Waals surface area contributed by atoms with E-state index < -0.39 is 5.60 Å². The summed E-state index contributed by atoms with van der Waals surface area (Å²) in [5.41, 5.74) is 3.04. The lowest BCUT2D eigenvalue weighted by Crippen LogP contribution is -2.45. The van der Waals surface area contributed by atoms with Crippen LogP contribution >= 0.6 is 0 Å². The lowest BCUT2D eigenvalue weighted by molar-refractivity contribution is 0.0482. The highest BCUT2D eigenvalue weighted by molar-refractivity contribution is 6.00. The second kappa shape index (κ2) is 6.16. The van der Waals surface area contributed by atoms with E-state index in [0.29, 0.717) is 37.2 Å². The molecule has 4 rings (SSSR count). The molecule has 0 saturated carbocycles. The van der Waals surface area contributed by atoms with Crippen LogP contribution in [-0.2, 0) is 0 Å². The van der Waals surface area contributed by atoms with E-state index in [1.54, 1.807) is 11.0 Å². The summed E-state index contributed by atoms with van der Waals surface area (Å²) in [4.78, 5) is 26.9. The number of aryl methyl sites for hydroxylation is 2. The summed E-state index contributed by atoms with van der Waals surface area (Å²) < 4.78 is 6.18. The van der Waals surface area contributed by atoms with E-state index in [4.69, 9.17) is 4.74 Å². The van der Waals surface area contributed by atoms with Crippen molar-refractivity contribution in [3.8, 4) is 5.75 Å². The number of urea groups is 1. The van der Waals surface area contributed by atoms with Gasteiger partial charge < -0.3 is 15.0 Å². The molecule has 0 aromatic heterocycles. The van der Waals surface area contributed by atoms with Crippen LogP contribution in [0.5, 0.6) is 5.75 Å². The SMILES string of the molecule is Cc1cc(C)cc(NC(=O)N2CCC3(CC(=O)c4ccccc4O3)C2)c1. The van der Waals surface area contributed by atoms with Gasteiger partial charge in [-0.25, -0.2) is 4.79 Å². The summed E-state index contributed by atoms with van der Waals surface area (Å²) >= 11 is 0. The van der Waals surface area contributed by atoms with Crippen LogP contribution in [-0.4, -0.2) is 35.4 Å². The summed E-state index contributed by atoms with van der Waals surface area (Å²) in [5.74, 6) is 0.712. The molecule has 0 radical (unpaired) electrons. The van der Waals surface area contributed by atoms with Gasteiger partial charge in [0.05, 0.1) is 18.5 Å². The van der Waals surface area contributed by atoms with Crippen LogP contribution in [0.15, 0.2) is 42.5 Å². The molecule has 1 atom stereocenters. The molecule has 2 aromatic carbocycles. The molecule has 0 aliphatic carbocycles. The average molecular weight is 350 g/mol.